The topological polar surface area (TPSA) is 34.9 Å². The van der Waals surface area contributed by atoms with Crippen molar-refractivity contribution in [2.75, 3.05) is 0 Å². The minimum absolute atomic E-state index is 0.194. The fourth-order valence-corrected chi connectivity index (χ4v) is 2.26. The second-order valence-electron chi connectivity index (χ2n) is 4.94. The molecule has 0 fully saturated rings. The Labute approximate surface area is 114 Å². The van der Waals surface area contributed by atoms with Crippen LogP contribution in [0.25, 0.3) is 11.1 Å². The summed E-state index contributed by atoms with van der Waals surface area (Å²) in [4.78, 5) is 11.1. The molecule has 0 amide bonds. The number of carbonyl (C=O) groups excluding carboxylic acids is 1. The maximum atomic E-state index is 11.1. The highest BCUT2D eigenvalue weighted by Crippen LogP contribution is 2.23. The fourth-order valence-electron chi connectivity index (χ4n) is 2.26. The van der Waals surface area contributed by atoms with Crippen LogP contribution in [-0.2, 0) is 17.8 Å². The highest BCUT2D eigenvalue weighted by molar-refractivity contribution is 5.78. The SMILES string of the molecule is CCCn1ncc(-c2ccc(CC(C)=O)cc2)c1C. The first-order valence-corrected chi connectivity index (χ1v) is 6.73. The van der Waals surface area contributed by atoms with Gasteiger partial charge in [0.05, 0.1) is 6.20 Å². The maximum absolute atomic E-state index is 11.1. The number of ketones is 1. The second-order valence-corrected chi connectivity index (χ2v) is 4.94. The van der Waals surface area contributed by atoms with E-state index in [1.807, 2.05) is 23.0 Å². The largest absolute Gasteiger partial charge is 0.300 e. The summed E-state index contributed by atoms with van der Waals surface area (Å²) in [5.41, 5.74) is 4.59. The molecule has 1 heterocycles. The Bertz CT molecular complexity index is 567. The van der Waals surface area contributed by atoms with Gasteiger partial charge in [0.1, 0.15) is 5.78 Å². The van der Waals surface area contributed by atoms with Crippen LogP contribution in [-0.4, -0.2) is 15.6 Å². The lowest BCUT2D eigenvalue weighted by Gasteiger charge is -2.05. The van der Waals surface area contributed by atoms with Gasteiger partial charge in [0.2, 0.25) is 0 Å². The lowest BCUT2D eigenvalue weighted by atomic mass is 10.0. The van der Waals surface area contributed by atoms with Gasteiger partial charge in [-0.25, -0.2) is 0 Å². The smallest absolute Gasteiger partial charge is 0.134 e. The predicted molar refractivity (Wildman–Crippen MR) is 77.1 cm³/mol. The Morgan fingerprint density at radius 3 is 2.53 bits per heavy atom. The molecule has 1 aromatic heterocycles. The molecule has 0 bridgehead atoms. The number of hydrogen-bond acceptors (Lipinski definition) is 2. The molecular formula is C16H20N2O. The van der Waals surface area contributed by atoms with Crippen molar-refractivity contribution in [2.45, 2.75) is 40.2 Å². The average molecular weight is 256 g/mol. The van der Waals surface area contributed by atoms with Gasteiger partial charge in [-0.05, 0) is 31.4 Å². The monoisotopic (exact) mass is 256 g/mol. The molecule has 2 rings (SSSR count). The number of hydrogen-bond donors (Lipinski definition) is 0. The van der Waals surface area contributed by atoms with Gasteiger partial charge >= 0.3 is 0 Å². The number of benzene rings is 1. The molecule has 3 heteroatoms. The molecule has 1 aromatic carbocycles. The van der Waals surface area contributed by atoms with Crippen molar-refractivity contribution in [1.29, 1.82) is 0 Å². The second kappa shape index (κ2) is 5.83. The van der Waals surface area contributed by atoms with Crippen LogP contribution >= 0.6 is 0 Å². The summed E-state index contributed by atoms with van der Waals surface area (Å²) < 4.78 is 2.04. The van der Waals surface area contributed by atoms with Crippen LogP contribution in [0.3, 0.4) is 0 Å². The zero-order chi connectivity index (χ0) is 13.8. The third-order valence-electron chi connectivity index (χ3n) is 3.26. The fraction of sp³-hybridized carbons (Fsp3) is 0.375. The normalized spacial score (nSPS) is 10.7. The van der Waals surface area contributed by atoms with E-state index in [0.29, 0.717) is 6.42 Å². The van der Waals surface area contributed by atoms with Crippen LogP contribution in [0, 0.1) is 6.92 Å². The van der Waals surface area contributed by atoms with Crippen LogP contribution in [0.15, 0.2) is 30.5 Å². The first kappa shape index (κ1) is 13.5. The number of aromatic nitrogens is 2. The van der Waals surface area contributed by atoms with E-state index in [9.17, 15) is 4.79 Å². The van der Waals surface area contributed by atoms with Gasteiger partial charge in [0.15, 0.2) is 0 Å². The van der Waals surface area contributed by atoms with Gasteiger partial charge in [-0.3, -0.25) is 9.48 Å². The Morgan fingerprint density at radius 1 is 1.26 bits per heavy atom. The van der Waals surface area contributed by atoms with Crippen molar-refractivity contribution in [2.24, 2.45) is 0 Å². The number of nitrogens with zero attached hydrogens (tertiary/aromatic N) is 2. The predicted octanol–water partition coefficient (Wildman–Crippen LogP) is 3.40. The van der Waals surface area contributed by atoms with Crippen LogP contribution in [0.2, 0.25) is 0 Å². The summed E-state index contributed by atoms with van der Waals surface area (Å²) in [5.74, 6) is 0.194. The molecule has 0 aliphatic heterocycles. The van der Waals surface area contributed by atoms with Gasteiger partial charge in [-0.1, -0.05) is 31.2 Å². The van der Waals surface area contributed by atoms with Crippen LogP contribution < -0.4 is 0 Å². The van der Waals surface area contributed by atoms with Crippen molar-refractivity contribution in [3.8, 4) is 11.1 Å². The highest BCUT2D eigenvalue weighted by Gasteiger charge is 2.08. The molecule has 0 radical (unpaired) electrons. The lowest BCUT2D eigenvalue weighted by molar-refractivity contribution is -0.116. The van der Waals surface area contributed by atoms with E-state index in [1.165, 1.54) is 11.3 Å². The minimum Gasteiger partial charge on any atom is -0.300 e. The van der Waals surface area contributed by atoms with E-state index < -0.39 is 0 Å². The molecular weight excluding hydrogens is 236 g/mol. The zero-order valence-corrected chi connectivity index (χ0v) is 11.8. The summed E-state index contributed by atoms with van der Waals surface area (Å²) in [7, 11) is 0. The molecule has 3 nitrogen and oxygen atoms in total. The van der Waals surface area contributed by atoms with E-state index in [2.05, 4.69) is 31.1 Å². The van der Waals surface area contributed by atoms with Gasteiger partial charge in [0.25, 0.3) is 0 Å². The molecule has 2 aromatic rings. The molecule has 0 N–H and O–H groups in total. The zero-order valence-electron chi connectivity index (χ0n) is 11.8. The molecule has 0 unspecified atom stereocenters. The Kier molecular flexibility index (Phi) is 4.15. The third kappa shape index (κ3) is 3.11. The van der Waals surface area contributed by atoms with Crippen LogP contribution in [0.4, 0.5) is 0 Å². The quantitative estimate of drug-likeness (QED) is 0.821. The van der Waals surface area contributed by atoms with Crippen molar-refractivity contribution in [1.82, 2.24) is 9.78 Å². The van der Waals surface area contributed by atoms with Gasteiger partial charge < -0.3 is 0 Å². The highest BCUT2D eigenvalue weighted by atomic mass is 16.1. The van der Waals surface area contributed by atoms with Crippen molar-refractivity contribution in [3.05, 3.63) is 41.7 Å². The maximum Gasteiger partial charge on any atom is 0.134 e. The van der Waals surface area contributed by atoms with Gasteiger partial charge in [0, 0.05) is 24.2 Å². The van der Waals surface area contributed by atoms with E-state index in [4.69, 9.17) is 0 Å². The van der Waals surface area contributed by atoms with Crippen molar-refractivity contribution < 1.29 is 4.79 Å². The first-order valence-electron chi connectivity index (χ1n) is 6.73. The molecule has 0 aliphatic rings. The standard InChI is InChI=1S/C16H20N2O/c1-4-9-18-13(3)16(11-17-18)15-7-5-14(6-8-15)10-12(2)19/h5-8,11H,4,9-10H2,1-3H3. The number of rotatable bonds is 5. The molecule has 0 aliphatic carbocycles. The summed E-state index contributed by atoms with van der Waals surface area (Å²) in [6.07, 6.45) is 3.51. The van der Waals surface area contributed by atoms with E-state index in [-0.39, 0.29) is 5.78 Å². The first-order chi connectivity index (χ1) is 9.11. The van der Waals surface area contributed by atoms with Crippen molar-refractivity contribution >= 4 is 5.78 Å². The van der Waals surface area contributed by atoms with Gasteiger partial charge in [-0.15, -0.1) is 0 Å². The molecule has 0 atom stereocenters. The lowest BCUT2D eigenvalue weighted by Crippen LogP contribution is -2.01. The van der Waals surface area contributed by atoms with E-state index in [0.717, 1.165) is 24.1 Å². The summed E-state index contributed by atoms with van der Waals surface area (Å²) in [6.45, 7) is 6.82. The third-order valence-corrected chi connectivity index (χ3v) is 3.26. The van der Waals surface area contributed by atoms with Gasteiger partial charge in [-0.2, -0.15) is 5.10 Å². The number of aryl methyl sites for hydroxylation is 1. The summed E-state index contributed by atoms with van der Waals surface area (Å²) >= 11 is 0. The van der Waals surface area contributed by atoms with Crippen molar-refractivity contribution in [3.63, 3.8) is 0 Å². The molecule has 0 saturated carbocycles. The van der Waals surface area contributed by atoms with Crippen LogP contribution in [0.1, 0.15) is 31.5 Å². The Balaban J connectivity index is 2.24. The van der Waals surface area contributed by atoms with E-state index >= 15 is 0 Å². The number of carbonyl (C=O) groups is 1. The molecule has 0 spiro atoms. The summed E-state index contributed by atoms with van der Waals surface area (Å²) in [5, 5.41) is 4.42. The summed E-state index contributed by atoms with van der Waals surface area (Å²) in [6, 6.07) is 8.18. The average Bonchev–Trinajstić information content (AvgIpc) is 2.72. The van der Waals surface area contributed by atoms with E-state index in [1.54, 1.807) is 6.92 Å². The molecule has 100 valence electrons. The number of Topliss-reactive ketones (excluding diaryl/α,β-unsaturated/α-hetero) is 1. The molecule has 19 heavy (non-hydrogen) atoms. The Morgan fingerprint density at radius 2 is 1.95 bits per heavy atom. The minimum atomic E-state index is 0.194. The van der Waals surface area contributed by atoms with Crippen LogP contribution in [0.5, 0.6) is 0 Å². The molecule has 0 saturated heterocycles. The Hall–Kier alpha value is -1.90.